The minimum Gasteiger partial charge on any atom is -0.392 e. The van der Waals surface area contributed by atoms with Crippen LogP contribution in [0.5, 0.6) is 0 Å². The monoisotopic (exact) mass is 316 g/mol. The van der Waals surface area contributed by atoms with Crippen molar-refractivity contribution in [2.75, 3.05) is 0 Å². The Morgan fingerprint density at radius 2 is 2.21 bits per heavy atom. The average molecular weight is 316 g/mol. The topological polar surface area (TPSA) is 77.6 Å². The Kier molecular flexibility index (Phi) is 3.33. The van der Waals surface area contributed by atoms with E-state index < -0.39 is 6.10 Å². The first-order valence-corrected chi connectivity index (χ1v) is 7.81. The minimum absolute atomic E-state index is 0.450. The number of aliphatic hydroxyl groups excluding tert-OH is 1. The zero-order valence-corrected chi connectivity index (χ0v) is 13.2. The second-order valence-corrected chi connectivity index (χ2v) is 6.01. The Bertz CT molecular complexity index is 1050. The number of pyridine rings is 1. The van der Waals surface area contributed by atoms with Crippen molar-refractivity contribution in [2.45, 2.75) is 19.6 Å². The van der Waals surface area contributed by atoms with Gasteiger partial charge in [0.25, 0.3) is 0 Å². The number of aliphatic hydroxyl groups is 1. The molecular weight excluding hydrogens is 300 g/mol. The Morgan fingerprint density at radius 3 is 2.96 bits per heavy atom. The van der Waals surface area contributed by atoms with Crippen LogP contribution in [0.3, 0.4) is 0 Å². The van der Waals surface area contributed by atoms with Crippen molar-refractivity contribution in [2.24, 2.45) is 0 Å². The molecule has 5 nitrogen and oxygen atoms in total. The van der Waals surface area contributed by atoms with E-state index in [9.17, 15) is 10.4 Å². The van der Waals surface area contributed by atoms with Crippen molar-refractivity contribution in [1.82, 2.24) is 14.5 Å². The first kappa shape index (κ1) is 14.5. The molecule has 0 bridgehead atoms. The lowest BCUT2D eigenvalue weighted by Gasteiger charge is -2.07. The number of hydrogen-bond acceptors (Lipinski definition) is 3. The lowest BCUT2D eigenvalue weighted by Crippen LogP contribution is -2.10. The maximum Gasteiger partial charge on any atom is 0.137 e. The van der Waals surface area contributed by atoms with Gasteiger partial charge in [0.15, 0.2) is 0 Å². The highest BCUT2D eigenvalue weighted by atomic mass is 16.3. The van der Waals surface area contributed by atoms with Crippen LogP contribution in [0.2, 0.25) is 0 Å². The minimum atomic E-state index is -0.450. The molecule has 0 aliphatic heterocycles. The van der Waals surface area contributed by atoms with Crippen LogP contribution in [0, 0.1) is 11.3 Å². The van der Waals surface area contributed by atoms with E-state index in [0.29, 0.717) is 12.1 Å². The lowest BCUT2D eigenvalue weighted by molar-refractivity contribution is 0.175. The fraction of sp³-hybridized carbons (Fsp3) is 0.158. The SMILES string of the molecule is CC(O)Cn1cc(-c2cc3cccnc3[nH]2)c2cc(C#N)ccc21. The van der Waals surface area contributed by atoms with Gasteiger partial charge in [-0.2, -0.15) is 5.26 Å². The molecule has 0 saturated carbocycles. The number of H-pyrrole nitrogens is 1. The normalized spacial score (nSPS) is 12.5. The second-order valence-electron chi connectivity index (χ2n) is 6.01. The third-order valence-electron chi connectivity index (χ3n) is 4.15. The van der Waals surface area contributed by atoms with Gasteiger partial charge in [0, 0.05) is 46.5 Å². The van der Waals surface area contributed by atoms with E-state index in [0.717, 1.165) is 33.2 Å². The predicted molar refractivity (Wildman–Crippen MR) is 93.4 cm³/mol. The van der Waals surface area contributed by atoms with Gasteiger partial charge >= 0.3 is 0 Å². The highest BCUT2D eigenvalue weighted by Crippen LogP contribution is 2.32. The summed E-state index contributed by atoms with van der Waals surface area (Å²) in [6, 6.07) is 13.8. The Balaban J connectivity index is 1.97. The zero-order valence-electron chi connectivity index (χ0n) is 13.2. The van der Waals surface area contributed by atoms with Crippen LogP contribution in [-0.4, -0.2) is 25.7 Å². The first-order chi connectivity index (χ1) is 11.7. The fourth-order valence-electron chi connectivity index (χ4n) is 3.12. The Morgan fingerprint density at radius 1 is 1.33 bits per heavy atom. The summed E-state index contributed by atoms with van der Waals surface area (Å²) in [5.41, 5.74) is 4.40. The van der Waals surface area contributed by atoms with Crippen LogP contribution >= 0.6 is 0 Å². The molecule has 1 unspecified atom stereocenters. The van der Waals surface area contributed by atoms with Crippen LogP contribution in [0.4, 0.5) is 0 Å². The predicted octanol–water partition coefficient (Wildman–Crippen LogP) is 3.44. The number of aromatic nitrogens is 3. The molecule has 0 aliphatic rings. The summed E-state index contributed by atoms with van der Waals surface area (Å²) in [5, 5.41) is 21.0. The first-order valence-electron chi connectivity index (χ1n) is 7.81. The van der Waals surface area contributed by atoms with Gasteiger partial charge in [-0.3, -0.25) is 0 Å². The van der Waals surface area contributed by atoms with Gasteiger partial charge in [0.05, 0.1) is 17.7 Å². The molecule has 1 atom stereocenters. The van der Waals surface area contributed by atoms with Crippen molar-refractivity contribution in [3.8, 4) is 17.3 Å². The third-order valence-corrected chi connectivity index (χ3v) is 4.15. The summed E-state index contributed by atoms with van der Waals surface area (Å²) in [4.78, 5) is 7.68. The summed E-state index contributed by atoms with van der Waals surface area (Å²) in [5.74, 6) is 0. The number of nitrogens with zero attached hydrogens (tertiary/aromatic N) is 3. The van der Waals surface area contributed by atoms with E-state index in [1.807, 2.05) is 35.0 Å². The van der Waals surface area contributed by atoms with E-state index in [4.69, 9.17) is 0 Å². The van der Waals surface area contributed by atoms with Crippen LogP contribution in [0.1, 0.15) is 12.5 Å². The largest absolute Gasteiger partial charge is 0.392 e. The summed E-state index contributed by atoms with van der Waals surface area (Å²) in [6.07, 6.45) is 3.32. The Labute approximate surface area is 138 Å². The molecule has 4 aromatic rings. The fourth-order valence-corrected chi connectivity index (χ4v) is 3.12. The molecule has 2 N–H and O–H groups in total. The molecule has 118 valence electrons. The second kappa shape index (κ2) is 5.52. The highest BCUT2D eigenvalue weighted by molar-refractivity contribution is 5.98. The van der Waals surface area contributed by atoms with Crippen LogP contribution in [0.25, 0.3) is 33.2 Å². The van der Waals surface area contributed by atoms with Gasteiger partial charge in [-0.1, -0.05) is 0 Å². The molecule has 0 amide bonds. The molecular formula is C19H16N4O. The number of nitrogens with one attached hydrogen (secondary N) is 1. The van der Waals surface area contributed by atoms with E-state index >= 15 is 0 Å². The number of hydrogen-bond donors (Lipinski definition) is 2. The molecule has 3 heterocycles. The summed E-state index contributed by atoms with van der Waals surface area (Å²) in [6.45, 7) is 2.27. The van der Waals surface area contributed by atoms with Gasteiger partial charge in [0.2, 0.25) is 0 Å². The maximum atomic E-state index is 9.77. The van der Waals surface area contributed by atoms with Crippen molar-refractivity contribution in [3.63, 3.8) is 0 Å². The van der Waals surface area contributed by atoms with Gasteiger partial charge < -0.3 is 14.7 Å². The van der Waals surface area contributed by atoms with Gasteiger partial charge in [-0.25, -0.2) is 4.98 Å². The van der Waals surface area contributed by atoms with E-state index in [-0.39, 0.29) is 0 Å². The molecule has 0 aliphatic carbocycles. The average Bonchev–Trinajstić information content (AvgIpc) is 3.15. The molecule has 1 aromatic carbocycles. The molecule has 3 aromatic heterocycles. The third kappa shape index (κ3) is 2.34. The molecule has 0 fully saturated rings. The van der Waals surface area contributed by atoms with Crippen molar-refractivity contribution in [3.05, 3.63) is 54.4 Å². The summed E-state index contributed by atoms with van der Waals surface area (Å²) >= 11 is 0. The molecule has 5 heteroatoms. The molecule has 4 rings (SSSR count). The standard InChI is InChI=1S/C19H16N4O/c1-12(24)10-23-11-16(15-7-13(9-20)4-5-18(15)23)17-8-14-3-2-6-21-19(14)22-17/h2-8,11-12,24H,10H2,1H3,(H,21,22). The van der Waals surface area contributed by atoms with E-state index in [2.05, 4.69) is 22.1 Å². The quantitative estimate of drug-likeness (QED) is 0.608. The van der Waals surface area contributed by atoms with Crippen LogP contribution in [0.15, 0.2) is 48.8 Å². The highest BCUT2D eigenvalue weighted by Gasteiger charge is 2.14. The Hall–Kier alpha value is -3.10. The van der Waals surface area contributed by atoms with Crippen molar-refractivity contribution >= 4 is 21.9 Å². The maximum absolute atomic E-state index is 9.77. The molecule has 0 radical (unpaired) electrons. The van der Waals surface area contributed by atoms with Gasteiger partial charge in [0.1, 0.15) is 5.65 Å². The van der Waals surface area contributed by atoms with Gasteiger partial charge in [-0.05, 0) is 43.3 Å². The lowest BCUT2D eigenvalue weighted by atomic mass is 10.1. The molecule has 0 saturated heterocycles. The number of nitriles is 1. The molecule has 0 spiro atoms. The summed E-state index contributed by atoms with van der Waals surface area (Å²) < 4.78 is 2.02. The number of fused-ring (bicyclic) bond motifs is 2. The van der Waals surface area contributed by atoms with Crippen LogP contribution < -0.4 is 0 Å². The zero-order chi connectivity index (χ0) is 16.7. The molecule has 24 heavy (non-hydrogen) atoms. The van der Waals surface area contributed by atoms with Crippen molar-refractivity contribution < 1.29 is 5.11 Å². The summed E-state index contributed by atoms with van der Waals surface area (Å²) in [7, 11) is 0. The van der Waals surface area contributed by atoms with E-state index in [1.165, 1.54) is 0 Å². The number of rotatable bonds is 3. The van der Waals surface area contributed by atoms with E-state index in [1.54, 1.807) is 19.2 Å². The smallest absolute Gasteiger partial charge is 0.137 e. The number of aromatic amines is 1. The van der Waals surface area contributed by atoms with Crippen molar-refractivity contribution in [1.29, 1.82) is 5.26 Å². The number of benzene rings is 1. The van der Waals surface area contributed by atoms with Crippen LogP contribution in [-0.2, 0) is 6.54 Å². The van der Waals surface area contributed by atoms with Gasteiger partial charge in [-0.15, -0.1) is 0 Å².